The summed E-state index contributed by atoms with van der Waals surface area (Å²) in [5.74, 6) is 0.130. The van der Waals surface area contributed by atoms with Gasteiger partial charge in [-0.3, -0.25) is 14.5 Å². The molecule has 1 aliphatic heterocycles. The molecule has 0 aromatic heterocycles. The van der Waals surface area contributed by atoms with Crippen LogP contribution in [0, 0.1) is 0 Å². The molecule has 1 N–H and O–H groups in total. The van der Waals surface area contributed by atoms with Crippen LogP contribution in [0.5, 0.6) is 0 Å². The van der Waals surface area contributed by atoms with Crippen molar-refractivity contribution in [2.75, 3.05) is 26.2 Å². The number of hydrogen-bond acceptors (Lipinski definition) is 3. The van der Waals surface area contributed by atoms with Crippen molar-refractivity contribution < 1.29 is 9.59 Å². The third-order valence-electron chi connectivity index (χ3n) is 5.65. The number of benzene rings is 2. The van der Waals surface area contributed by atoms with Gasteiger partial charge in [0.15, 0.2) is 0 Å². The molecule has 2 atom stereocenters. The van der Waals surface area contributed by atoms with E-state index < -0.39 is 0 Å². The number of aryl methyl sites for hydroxylation is 1. The van der Waals surface area contributed by atoms with E-state index in [-0.39, 0.29) is 23.9 Å². The van der Waals surface area contributed by atoms with Gasteiger partial charge in [-0.15, -0.1) is 0 Å². The number of hydrogen-bond donors (Lipinski definition) is 1. The highest BCUT2D eigenvalue weighted by Gasteiger charge is 2.28. The molecule has 0 unspecified atom stereocenters. The molecule has 5 nitrogen and oxygen atoms in total. The first-order valence-electron chi connectivity index (χ1n) is 10.5. The van der Waals surface area contributed by atoms with E-state index in [0.29, 0.717) is 26.2 Å². The van der Waals surface area contributed by atoms with Crippen LogP contribution in [-0.4, -0.2) is 59.9 Å². The molecule has 2 amide bonds. The van der Waals surface area contributed by atoms with E-state index >= 15 is 0 Å². The number of carbonyl (C=O) groups excluding carboxylic acids is 2. The van der Waals surface area contributed by atoms with Crippen LogP contribution in [-0.2, 0) is 11.2 Å². The first-order valence-corrected chi connectivity index (χ1v) is 10.5. The number of amides is 2. The summed E-state index contributed by atoms with van der Waals surface area (Å²) in [4.78, 5) is 29.3. The van der Waals surface area contributed by atoms with Crippen LogP contribution in [0.25, 0.3) is 0 Å². The minimum absolute atomic E-state index is 0.0633. The van der Waals surface area contributed by atoms with Gasteiger partial charge in [0.2, 0.25) is 5.91 Å². The topological polar surface area (TPSA) is 52.7 Å². The minimum atomic E-state index is -0.192. The highest BCUT2D eigenvalue weighted by atomic mass is 16.2. The molecule has 1 fully saturated rings. The predicted molar refractivity (Wildman–Crippen MR) is 116 cm³/mol. The van der Waals surface area contributed by atoms with Crippen LogP contribution in [0.15, 0.2) is 60.7 Å². The van der Waals surface area contributed by atoms with Gasteiger partial charge < -0.3 is 10.2 Å². The summed E-state index contributed by atoms with van der Waals surface area (Å²) in [5.41, 5.74) is 2.01. The number of rotatable bonds is 7. The molecule has 1 heterocycles. The van der Waals surface area contributed by atoms with Gasteiger partial charge in [0.05, 0.1) is 6.04 Å². The minimum Gasteiger partial charge on any atom is -0.352 e. The fourth-order valence-electron chi connectivity index (χ4n) is 3.70. The molecule has 0 spiro atoms. The zero-order chi connectivity index (χ0) is 20.6. The second-order valence-electron chi connectivity index (χ2n) is 7.80. The lowest BCUT2D eigenvalue weighted by molar-refractivity contribution is -0.127. The van der Waals surface area contributed by atoms with E-state index in [1.807, 2.05) is 60.4 Å². The van der Waals surface area contributed by atoms with E-state index in [1.165, 1.54) is 5.56 Å². The second kappa shape index (κ2) is 10.2. The van der Waals surface area contributed by atoms with Crippen LogP contribution in [0.1, 0.15) is 36.2 Å². The largest absolute Gasteiger partial charge is 0.352 e. The van der Waals surface area contributed by atoms with Crippen molar-refractivity contribution >= 4 is 11.8 Å². The fraction of sp³-hybridized carbons (Fsp3) is 0.417. The first-order chi connectivity index (χ1) is 14.0. The van der Waals surface area contributed by atoms with Gasteiger partial charge in [-0.25, -0.2) is 0 Å². The Morgan fingerprint density at radius 1 is 0.897 bits per heavy atom. The second-order valence-corrected chi connectivity index (χ2v) is 7.80. The molecule has 2 aromatic rings. The van der Waals surface area contributed by atoms with Crippen LogP contribution >= 0.6 is 0 Å². The quantitative estimate of drug-likeness (QED) is 0.787. The lowest BCUT2D eigenvalue weighted by Crippen LogP contribution is -2.55. The van der Waals surface area contributed by atoms with Crippen molar-refractivity contribution in [1.82, 2.24) is 15.1 Å². The van der Waals surface area contributed by atoms with Crippen LogP contribution in [0.2, 0.25) is 0 Å². The third kappa shape index (κ3) is 5.91. The predicted octanol–water partition coefficient (Wildman–Crippen LogP) is 2.97. The van der Waals surface area contributed by atoms with E-state index in [4.69, 9.17) is 0 Å². The SMILES string of the molecule is C[C@H](CCc1ccccc1)NC(=O)[C@H](C)N1CCN(C(=O)c2ccccc2)CC1. The Labute approximate surface area is 173 Å². The number of nitrogens with one attached hydrogen (secondary N) is 1. The monoisotopic (exact) mass is 393 g/mol. The molecule has 2 aromatic carbocycles. The van der Waals surface area contributed by atoms with Crippen LogP contribution in [0.3, 0.4) is 0 Å². The lowest BCUT2D eigenvalue weighted by Gasteiger charge is -2.37. The van der Waals surface area contributed by atoms with Crippen LogP contribution in [0.4, 0.5) is 0 Å². The molecule has 1 aliphatic rings. The van der Waals surface area contributed by atoms with Crippen molar-refractivity contribution in [2.24, 2.45) is 0 Å². The molecule has 0 aliphatic carbocycles. The van der Waals surface area contributed by atoms with E-state index in [9.17, 15) is 9.59 Å². The van der Waals surface area contributed by atoms with Gasteiger partial charge >= 0.3 is 0 Å². The molecule has 0 saturated carbocycles. The molecule has 3 rings (SSSR count). The van der Waals surface area contributed by atoms with Gasteiger partial charge in [0.1, 0.15) is 0 Å². The Hall–Kier alpha value is -2.66. The number of nitrogens with zero attached hydrogens (tertiary/aromatic N) is 2. The normalized spacial score (nSPS) is 16.8. The Bertz CT molecular complexity index is 786. The zero-order valence-electron chi connectivity index (χ0n) is 17.4. The summed E-state index contributed by atoms with van der Waals surface area (Å²) in [6, 6.07) is 19.7. The van der Waals surface area contributed by atoms with Crippen LogP contribution < -0.4 is 5.32 Å². The third-order valence-corrected chi connectivity index (χ3v) is 5.65. The highest BCUT2D eigenvalue weighted by molar-refractivity contribution is 5.94. The maximum Gasteiger partial charge on any atom is 0.253 e. The average molecular weight is 394 g/mol. The lowest BCUT2D eigenvalue weighted by atomic mass is 10.1. The maximum atomic E-state index is 12.7. The molecule has 1 saturated heterocycles. The molecule has 29 heavy (non-hydrogen) atoms. The Morgan fingerprint density at radius 3 is 2.10 bits per heavy atom. The summed E-state index contributed by atoms with van der Waals surface area (Å²) in [6.45, 7) is 6.74. The summed E-state index contributed by atoms with van der Waals surface area (Å²) < 4.78 is 0. The standard InChI is InChI=1S/C24H31N3O2/c1-19(13-14-21-9-5-3-6-10-21)25-23(28)20(2)26-15-17-27(18-16-26)24(29)22-11-7-4-8-12-22/h3-12,19-20H,13-18H2,1-2H3,(H,25,28)/t19-,20+/m1/s1. The maximum absolute atomic E-state index is 12.7. The molecule has 0 bridgehead atoms. The summed E-state index contributed by atoms with van der Waals surface area (Å²) in [6.07, 6.45) is 1.87. The van der Waals surface area contributed by atoms with Gasteiger partial charge in [0, 0.05) is 37.8 Å². The Kier molecular flexibility index (Phi) is 7.42. The molecule has 5 heteroatoms. The van der Waals surface area contributed by atoms with E-state index in [2.05, 4.69) is 29.3 Å². The van der Waals surface area contributed by atoms with Gasteiger partial charge in [-0.2, -0.15) is 0 Å². The fourth-order valence-corrected chi connectivity index (χ4v) is 3.70. The van der Waals surface area contributed by atoms with Gasteiger partial charge in [-0.1, -0.05) is 48.5 Å². The smallest absolute Gasteiger partial charge is 0.253 e. The number of piperazine rings is 1. The first kappa shape index (κ1) is 21.1. The van der Waals surface area contributed by atoms with Gasteiger partial charge in [0.25, 0.3) is 5.91 Å². The summed E-state index contributed by atoms with van der Waals surface area (Å²) in [7, 11) is 0. The zero-order valence-corrected chi connectivity index (χ0v) is 17.4. The Morgan fingerprint density at radius 2 is 1.48 bits per heavy atom. The summed E-state index contributed by atoms with van der Waals surface area (Å²) in [5, 5.41) is 3.15. The van der Waals surface area contributed by atoms with E-state index in [1.54, 1.807) is 0 Å². The van der Waals surface area contributed by atoms with Crippen molar-refractivity contribution in [1.29, 1.82) is 0 Å². The van der Waals surface area contributed by atoms with Crippen molar-refractivity contribution in [3.8, 4) is 0 Å². The highest BCUT2D eigenvalue weighted by Crippen LogP contribution is 2.12. The molecule has 154 valence electrons. The molecular formula is C24H31N3O2. The van der Waals surface area contributed by atoms with Crippen molar-refractivity contribution in [3.63, 3.8) is 0 Å². The van der Waals surface area contributed by atoms with E-state index in [0.717, 1.165) is 18.4 Å². The average Bonchev–Trinajstić information content (AvgIpc) is 2.78. The summed E-state index contributed by atoms with van der Waals surface area (Å²) >= 11 is 0. The Balaban J connectivity index is 1.43. The van der Waals surface area contributed by atoms with Crippen molar-refractivity contribution in [3.05, 3.63) is 71.8 Å². The molecular weight excluding hydrogens is 362 g/mol. The van der Waals surface area contributed by atoms with Gasteiger partial charge in [-0.05, 0) is 44.4 Å². The number of carbonyl (C=O) groups is 2. The van der Waals surface area contributed by atoms with Crippen molar-refractivity contribution in [2.45, 2.75) is 38.8 Å². The molecule has 0 radical (unpaired) electrons.